The molecule has 0 unspecified atom stereocenters. The smallest absolute Gasteiger partial charge is 0.210 e. The summed E-state index contributed by atoms with van der Waals surface area (Å²) in [6.07, 6.45) is 1.99. The topological polar surface area (TPSA) is 218 Å². The number of halogens is 2. The van der Waals surface area contributed by atoms with E-state index >= 15 is 0 Å². The van der Waals surface area contributed by atoms with Crippen molar-refractivity contribution < 1.29 is 8.78 Å². The Morgan fingerprint density at radius 1 is 0.548 bits per heavy atom. The number of hydrogen-bond acceptors (Lipinski definition) is 11. The summed E-state index contributed by atoms with van der Waals surface area (Å²) in [4.78, 5) is 14.0. The molecular formula is C29H5F2N11. The first-order valence-electron chi connectivity index (χ1n) is 11.4. The lowest BCUT2D eigenvalue weighted by Crippen LogP contribution is -2.02. The van der Waals surface area contributed by atoms with Gasteiger partial charge in [0, 0.05) is 80.5 Å². The molecule has 11 nitrogen and oxygen atoms in total. The van der Waals surface area contributed by atoms with Crippen molar-refractivity contribution in [3.8, 4) is 42.5 Å². The first-order chi connectivity index (χ1) is 20.4. The highest BCUT2D eigenvalue weighted by molar-refractivity contribution is 6.30. The minimum absolute atomic E-state index is 0.0354. The van der Waals surface area contributed by atoms with Crippen LogP contribution in [0.25, 0.3) is 33.4 Å². The van der Waals surface area contributed by atoms with E-state index in [0.29, 0.717) is 0 Å². The maximum absolute atomic E-state index is 13.6. The highest BCUT2D eigenvalue weighted by Crippen LogP contribution is 2.56. The molecule has 3 aromatic rings. The van der Waals surface area contributed by atoms with Crippen LogP contribution in [-0.4, -0.2) is 19.9 Å². The Morgan fingerprint density at radius 2 is 0.905 bits per heavy atom. The van der Waals surface area contributed by atoms with E-state index in [1.54, 1.807) is 24.3 Å². The number of fused-ring (bicyclic) bond motifs is 2. The summed E-state index contributed by atoms with van der Waals surface area (Å²) in [5, 5.41) is 70.3. The largest absolute Gasteiger partial charge is 0.308 e. The fourth-order valence-corrected chi connectivity index (χ4v) is 4.94. The van der Waals surface area contributed by atoms with E-state index in [0.717, 1.165) is 24.8 Å². The maximum atomic E-state index is 13.6. The van der Waals surface area contributed by atoms with Gasteiger partial charge in [0.2, 0.25) is 0 Å². The Bertz CT molecular complexity index is 2020. The summed E-state index contributed by atoms with van der Waals surface area (Å²) in [6, 6.07) is 14.3. The normalized spacial score (nSPS) is 12.5. The third-order valence-electron chi connectivity index (χ3n) is 6.47. The lowest BCUT2D eigenvalue weighted by Gasteiger charge is -2.14. The standard InChI is InChI=1S/C29H5F2N11/c30-28-39-9-15(10-40-28)22-19(6-36)17-1-18-20(7-37)23(16-11-41-29(31)42-12-16)25(14(4-34)5-35)27(18)21(8-38)26(17)24(22)13(2-32)3-33/h1,9-12H. The zero-order valence-corrected chi connectivity index (χ0v) is 20.6. The van der Waals surface area contributed by atoms with Crippen molar-refractivity contribution in [2.45, 2.75) is 0 Å². The predicted molar refractivity (Wildman–Crippen MR) is 136 cm³/mol. The molecule has 190 valence electrons. The quantitative estimate of drug-likeness (QED) is 0.332. The van der Waals surface area contributed by atoms with Gasteiger partial charge in [-0.3, -0.25) is 0 Å². The minimum Gasteiger partial charge on any atom is -0.210 e. The van der Waals surface area contributed by atoms with E-state index in [1.807, 2.05) is 18.2 Å². The number of allylic oxidation sites excluding steroid dienone is 8. The SMILES string of the molecule is N#CC(C#N)=C1C(c2cnc(F)nc2)=C(C#N)c2cc3c(c(C#N)c21)C(=C(C#N)C#N)C(c1cnc(F)nc1)=C3C#N. The van der Waals surface area contributed by atoms with Crippen molar-refractivity contribution in [2.75, 3.05) is 0 Å². The zero-order chi connectivity index (χ0) is 30.1. The molecule has 2 heterocycles. The van der Waals surface area contributed by atoms with E-state index in [1.165, 1.54) is 6.07 Å². The van der Waals surface area contributed by atoms with Crippen LogP contribution in [0.15, 0.2) is 42.0 Å². The van der Waals surface area contributed by atoms with Crippen LogP contribution in [0.3, 0.4) is 0 Å². The van der Waals surface area contributed by atoms with Crippen molar-refractivity contribution in [3.05, 3.63) is 93.1 Å². The van der Waals surface area contributed by atoms with E-state index in [4.69, 9.17) is 0 Å². The first kappa shape index (κ1) is 26.2. The molecule has 2 aliphatic carbocycles. The summed E-state index contributed by atoms with van der Waals surface area (Å²) in [5.74, 6) is 0. The minimum atomic E-state index is -1.08. The molecule has 0 radical (unpaired) electrons. The number of rotatable bonds is 2. The van der Waals surface area contributed by atoms with Gasteiger partial charge in [-0.15, -0.1) is 0 Å². The van der Waals surface area contributed by atoms with Gasteiger partial charge in [-0.1, -0.05) is 0 Å². The van der Waals surface area contributed by atoms with Crippen LogP contribution in [0.5, 0.6) is 0 Å². The molecule has 13 heteroatoms. The molecule has 42 heavy (non-hydrogen) atoms. The van der Waals surface area contributed by atoms with Crippen LogP contribution in [0.1, 0.15) is 38.9 Å². The average molecular weight is 545 g/mol. The van der Waals surface area contributed by atoms with Gasteiger partial charge in [0.15, 0.2) is 0 Å². The molecule has 0 bridgehead atoms. The second kappa shape index (κ2) is 10.1. The summed E-state index contributed by atoms with van der Waals surface area (Å²) in [5.41, 5.74) is -1.89. The van der Waals surface area contributed by atoms with Crippen molar-refractivity contribution in [1.82, 2.24) is 19.9 Å². The second-order valence-electron chi connectivity index (χ2n) is 8.36. The highest BCUT2D eigenvalue weighted by atomic mass is 19.1. The number of aromatic nitrogens is 4. The maximum Gasteiger partial charge on any atom is 0.308 e. The molecular weight excluding hydrogens is 540 g/mol. The number of benzene rings is 1. The first-order valence-corrected chi connectivity index (χ1v) is 11.4. The van der Waals surface area contributed by atoms with Gasteiger partial charge in [-0.05, 0) is 6.07 Å². The molecule has 0 amide bonds. The molecule has 0 N–H and O–H groups in total. The summed E-state index contributed by atoms with van der Waals surface area (Å²) in [7, 11) is 0. The Balaban J connectivity index is 2.02. The molecule has 1 aromatic carbocycles. The fraction of sp³-hybridized carbons (Fsp3) is 0. The Hall–Kier alpha value is -7.37. The predicted octanol–water partition coefficient (Wildman–Crippen LogP) is 3.91. The number of hydrogen-bond donors (Lipinski definition) is 0. The van der Waals surface area contributed by atoms with Crippen LogP contribution in [0.4, 0.5) is 8.78 Å². The van der Waals surface area contributed by atoms with Crippen LogP contribution < -0.4 is 0 Å². The summed E-state index contributed by atoms with van der Waals surface area (Å²) in [6.45, 7) is 0. The van der Waals surface area contributed by atoms with E-state index in [2.05, 4.69) is 19.9 Å². The lowest BCUT2D eigenvalue weighted by atomic mass is 9.85. The molecule has 0 saturated carbocycles. The van der Waals surface area contributed by atoms with Gasteiger partial charge < -0.3 is 0 Å². The van der Waals surface area contributed by atoms with Gasteiger partial charge in [0.05, 0.1) is 16.7 Å². The lowest BCUT2D eigenvalue weighted by molar-refractivity contribution is 0.537. The van der Waals surface area contributed by atoms with Gasteiger partial charge in [-0.2, -0.15) is 45.6 Å². The molecule has 0 aliphatic heterocycles. The van der Waals surface area contributed by atoms with Gasteiger partial charge >= 0.3 is 12.2 Å². The van der Waals surface area contributed by atoms with E-state index in [9.17, 15) is 45.6 Å². The van der Waals surface area contributed by atoms with E-state index in [-0.39, 0.29) is 72.4 Å². The van der Waals surface area contributed by atoms with Crippen LogP contribution in [-0.2, 0) is 0 Å². The van der Waals surface area contributed by atoms with Gasteiger partial charge in [0.1, 0.15) is 53.6 Å². The summed E-state index contributed by atoms with van der Waals surface area (Å²) >= 11 is 0. The average Bonchev–Trinajstić information content (AvgIpc) is 3.51. The van der Waals surface area contributed by atoms with Crippen molar-refractivity contribution in [3.63, 3.8) is 0 Å². The fourth-order valence-electron chi connectivity index (χ4n) is 4.94. The number of nitriles is 7. The molecule has 0 saturated heterocycles. The second-order valence-corrected chi connectivity index (χ2v) is 8.36. The van der Waals surface area contributed by atoms with Crippen LogP contribution in [0, 0.1) is 91.5 Å². The molecule has 0 atom stereocenters. The Labute approximate surface area is 234 Å². The van der Waals surface area contributed by atoms with Crippen molar-refractivity contribution in [2.24, 2.45) is 0 Å². The summed E-state index contributed by atoms with van der Waals surface area (Å²) < 4.78 is 27.1. The third-order valence-corrected chi connectivity index (χ3v) is 6.47. The third kappa shape index (κ3) is 3.65. The van der Waals surface area contributed by atoms with Crippen molar-refractivity contribution in [1.29, 1.82) is 36.8 Å². The molecule has 5 rings (SSSR count). The zero-order valence-electron chi connectivity index (χ0n) is 20.6. The van der Waals surface area contributed by atoms with Gasteiger partial charge in [-0.25, -0.2) is 19.9 Å². The van der Waals surface area contributed by atoms with Crippen LogP contribution >= 0.6 is 0 Å². The Kier molecular flexibility index (Phi) is 6.29. The molecule has 0 fully saturated rings. The van der Waals surface area contributed by atoms with Crippen molar-refractivity contribution >= 4 is 33.4 Å². The monoisotopic (exact) mass is 545 g/mol. The number of nitrogens with zero attached hydrogens (tertiary/aromatic N) is 11. The highest BCUT2D eigenvalue weighted by Gasteiger charge is 2.40. The molecule has 2 aromatic heterocycles. The molecule has 0 spiro atoms. The molecule has 2 aliphatic rings. The Morgan fingerprint density at radius 3 is 1.19 bits per heavy atom. The van der Waals surface area contributed by atoms with Gasteiger partial charge in [0.25, 0.3) is 0 Å². The van der Waals surface area contributed by atoms with Crippen LogP contribution in [0.2, 0.25) is 0 Å². The van der Waals surface area contributed by atoms with E-state index < -0.39 is 23.3 Å².